The Kier molecular flexibility index (Phi) is 2.69. The van der Waals surface area contributed by atoms with Gasteiger partial charge in [-0.2, -0.15) is 0 Å². The number of hydrogen-bond donors (Lipinski definition) is 0. The molecule has 0 saturated carbocycles. The molecule has 0 atom stereocenters. The molecule has 4 aromatic rings. The third-order valence-corrected chi connectivity index (χ3v) is 5.10. The fourth-order valence-electron chi connectivity index (χ4n) is 4.01. The summed E-state index contributed by atoms with van der Waals surface area (Å²) in [6.07, 6.45) is 2.17. The van der Waals surface area contributed by atoms with Crippen molar-refractivity contribution in [1.82, 2.24) is 0 Å². The molecular formula is C23H18N+. The topological polar surface area (TPSA) is 3.88 Å². The lowest BCUT2D eigenvalue weighted by Gasteiger charge is -2.10. The lowest BCUT2D eigenvalue weighted by atomic mass is 9.93. The van der Waals surface area contributed by atoms with E-state index in [1.54, 1.807) is 0 Å². The number of nitrogens with zero attached hydrogens (tertiary/aromatic N) is 1. The zero-order chi connectivity index (χ0) is 16.3. The summed E-state index contributed by atoms with van der Waals surface area (Å²) in [6, 6.07) is 24.4. The number of pyridine rings is 1. The van der Waals surface area contributed by atoms with Gasteiger partial charge in [0.2, 0.25) is 5.69 Å². The number of hydrogen-bond acceptors (Lipinski definition) is 0. The van der Waals surface area contributed by atoms with Gasteiger partial charge in [-0.15, -0.1) is 0 Å². The summed E-state index contributed by atoms with van der Waals surface area (Å²) in [5, 5.41) is 2.64. The van der Waals surface area contributed by atoms with Crippen LogP contribution in [-0.4, -0.2) is 0 Å². The highest BCUT2D eigenvalue weighted by molar-refractivity contribution is 6.11. The molecule has 1 heteroatoms. The first kappa shape index (κ1) is 13.5. The molecule has 0 bridgehead atoms. The molecule has 1 nitrogen and oxygen atoms in total. The van der Waals surface area contributed by atoms with Gasteiger partial charge in [0.15, 0.2) is 6.20 Å². The Morgan fingerprint density at radius 2 is 1.42 bits per heavy atom. The lowest BCUT2D eigenvalue weighted by Crippen LogP contribution is -2.30. The fraction of sp³-hybridized carbons (Fsp3) is 0.0870. The monoisotopic (exact) mass is 308 g/mol. The van der Waals surface area contributed by atoms with Crippen molar-refractivity contribution in [3.8, 4) is 33.5 Å². The van der Waals surface area contributed by atoms with E-state index in [2.05, 4.69) is 91.5 Å². The second-order valence-corrected chi connectivity index (χ2v) is 6.64. The van der Waals surface area contributed by atoms with Crippen LogP contribution in [0.2, 0.25) is 0 Å². The average molecular weight is 308 g/mol. The number of benzene rings is 3. The molecule has 0 N–H and O–H groups in total. The summed E-state index contributed by atoms with van der Waals surface area (Å²) < 4.78 is 2.26. The highest BCUT2D eigenvalue weighted by Crippen LogP contribution is 2.46. The number of fused-ring (bicyclic) bond motifs is 5. The number of aryl methyl sites for hydroxylation is 2. The van der Waals surface area contributed by atoms with Crippen LogP contribution in [0.4, 0.5) is 0 Å². The molecule has 0 radical (unpaired) electrons. The Hall–Kier alpha value is -2.93. The van der Waals surface area contributed by atoms with E-state index >= 15 is 0 Å². The minimum atomic E-state index is 1.30. The predicted octanol–water partition coefficient (Wildman–Crippen LogP) is 5.29. The van der Waals surface area contributed by atoms with Gasteiger partial charge >= 0.3 is 0 Å². The first-order valence-corrected chi connectivity index (χ1v) is 8.36. The molecule has 1 aliphatic rings. The van der Waals surface area contributed by atoms with E-state index in [-0.39, 0.29) is 0 Å². The van der Waals surface area contributed by atoms with E-state index in [0.717, 1.165) is 0 Å². The third kappa shape index (κ3) is 1.73. The van der Waals surface area contributed by atoms with Crippen LogP contribution in [0.15, 0.2) is 72.9 Å². The van der Waals surface area contributed by atoms with Crippen molar-refractivity contribution in [2.75, 3.05) is 0 Å². The predicted molar refractivity (Wildman–Crippen MR) is 99.7 cm³/mol. The quantitative estimate of drug-likeness (QED) is 0.342. The molecule has 1 aliphatic carbocycles. The highest BCUT2D eigenvalue weighted by atomic mass is 14.9. The molecule has 0 amide bonds. The van der Waals surface area contributed by atoms with E-state index in [1.807, 2.05) is 0 Å². The summed E-state index contributed by atoms with van der Waals surface area (Å²) in [5.41, 5.74) is 9.19. The van der Waals surface area contributed by atoms with Crippen LogP contribution in [-0.2, 0) is 7.05 Å². The fourth-order valence-corrected chi connectivity index (χ4v) is 4.01. The van der Waals surface area contributed by atoms with Gasteiger partial charge in [0, 0.05) is 6.07 Å². The van der Waals surface area contributed by atoms with Gasteiger partial charge in [0.25, 0.3) is 0 Å². The van der Waals surface area contributed by atoms with Crippen molar-refractivity contribution in [2.45, 2.75) is 6.92 Å². The normalized spacial score (nSPS) is 11.8. The van der Waals surface area contributed by atoms with Gasteiger partial charge < -0.3 is 0 Å². The number of rotatable bonds is 0. The Balaban J connectivity index is 2.11. The largest absolute Gasteiger partial charge is 0.221 e. The van der Waals surface area contributed by atoms with Crippen LogP contribution in [0.3, 0.4) is 0 Å². The minimum Gasteiger partial charge on any atom is -0.200 e. The molecule has 3 aromatic carbocycles. The molecule has 1 heterocycles. The molecule has 0 unspecified atom stereocenters. The Morgan fingerprint density at radius 1 is 0.667 bits per heavy atom. The Morgan fingerprint density at radius 3 is 2.25 bits per heavy atom. The van der Waals surface area contributed by atoms with E-state index in [9.17, 15) is 0 Å². The molecule has 24 heavy (non-hydrogen) atoms. The van der Waals surface area contributed by atoms with Crippen LogP contribution >= 0.6 is 0 Å². The maximum absolute atomic E-state index is 2.32. The van der Waals surface area contributed by atoms with Crippen LogP contribution in [0.1, 0.15) is 5.56 Å². The SMILES string of the molecule is Cc1ccc2c(c1)-c1ccccc1-c1cccc3cc[n+](C)c-2c13. The molecule has 5 rings (SSSR count). The first-order chi connectivity index (χ1) is 11.7. The summed E-state index contributed by atoms with van der Waals surface area (Å²) in [6.45, 7) is 2.17. The van der Waals surface area contributed by atoms with Gasteiger partial charge in [-0.1, -0.05) is 60.2 Å². The minimum absolute atomic E-state index is 1.30. The molecular weight excluding hydrogens is 290 g/mol. The van der Waals surface area contributed by atoms with Crippen LogP contribution < -0.4 is 4.57 Å². The standard InChI is InChI=1S/C23H18N/c1-15-10-11-20-21(14-15)18-8-4-3-7-17(18)19-9-5-6-16-12-13-24(2)23(20)22(16)19/h3-14H,1-2H3/q+1. The second-order valence-electron chi connectivity index (χ2n) is 6.64. The summed E-state index contributed by atoms with van der Waals surface area (Å²) in [4.78, 5) is 0. The van der Waals surface area contributed by atoms with Gasteiger partial charge in [0.1, 0.15) is 7.05 Å². The molecule has 0 spiro atoms. The maximum atomic E-state index is 2.32. The maximum Gasteiger partial charge on any atom is 0.221 e. The Bertz CT molecular complexity index is 1120. The van der Waals surface area contributed by atoms with Crippen LogP contribution in [0, 0.1) is 6.92 Å². The second kappa shape index (κ2) is 4.78. The van der Waals surface area contributed by atoms with E-state index in [4.69, 9.17) is 0 Å². The van der Waals surface area contributed by atoms with Crippen molar-refractivity contribution >= 4 is 10.8 Å². The smallest absolute Gasteiger partial charge is 0.200 e. The summed E-state index contributed by atoms with van der Waals surface area (Å²) in [7, 11) is 2.14. The Labute approximate surface area is 141 Å². The van der Waals surface area contributed by atoms with E-state index < -0.39 is 0 Å². The van der Waals surface area contributed by atoms with Crippen LogP contribution in [0.25, 0.3) is 44.3 Å². The zero-order valence-corrected chi connectivity index (χ0v) is 13.9. The van der Waals surface area contributed by atoms with Gasteiger partial charge in [-0.05, 0) is 40.6 Å². The molecule has 0 aliphatic heterocycles. The first-order valence-electron chi connectivity index (χ1n) is 8.36. The molecule has 114 valence electrons. The van der Waals surface area contributed by atoms with Crippen molar-refractivity contribution in [1.29, 1.82) is 0 Å². The van der Waals surface area contributed by atoms with Crippen molar-refractivity contribution in [3.05, 3.63) is 78.5 Å². The van der Waals surface area contributed by atoms with Crippen molar-refractivity contribution in [3.63, 3.8) is 0 Å². The molecule has 0 saturated heterocycles. The van der Waals surface area contributed by atoms with Crippen LogP contribution in [0.5, 0.6) is 0 Å². The lowest BCUT2D eigenvalue weighted by molar-refractivity contribution is -0.659. The zero-order valence-electron chi connectivity index (χ0n) is 13.9. The summed E-state index contributed by atoms with van der Waals surface area (Å²) in [5.74, 6) is 0. The highest BCUT2D eigenvalue weighted by Gasteiger charge is 2.26. The van der Waals surface area contributed by atoms with Gasteiger partial charge in [-0.3, -0.25) is 0 Å². The summed E-state index contributed by atoms with van der Waals surface area (Å²) >= 11 is 0. The van der Waals surface area contributed by atoms with E-state index in [0.29, 0.717) is 0 Å². The molecule has 0 fully saturated rings. The third-order valence-electron chi connectivity index (χ3n) is 5.10. The van der Waals surface area contributed by atoms with Crippen molar-refractivity contribution < 1.29 is 4.57 Å². The van der Waals surface area contributed by atoms with E-state index in [1.165, 1.54) is 49.8 Å². The number of aromatic nitrogens is 1. The van der Waals surface area contributed by atoms with Crippen molar-refractivity contribution in [2.24, 2.45) is 7.05 Å². The van der Waals surface area contributed by atoms with Gasteiger partial charge in [0.05, 0.1) is 10.9 Å². The van der Waals surface area contributed by atoms with Gasteiger partial charge in [-0.25, -0.2) is 4.57 Å². The average Bonchev–Trinajstić information content (AvgIpc) is 2.73. The molecule has 1 aromatic heterocycles.